The van der Waals surface area contributed by atoms with Gasteiger partial charge < -0.3 is 0 Å². The molecule has 1 aliphatic carbocycles. The molecule has 0 aromatic heterocycles. The highest BCUT2D eigenvalue weighted by atomic mass is 35.5. The number of halogens is 2. The molecule has 1 saturated carbocycles. The Labute approximate surface area is 53.8 Å². The molecule has 0 spiro atoms. The van der Waals surface area contributed by atoms with E-state index in [0.717, 1.165) is 6.42 Å². The minimum Gasteiger partial charge on any atom is -0.105 e. The fourth-order valence-electron chi connectivity index (χ4n) is 0.511. The minimum absolute atomic E-state index is 0.155. The van der Waals surface area contributed by atoms with Crippen LogP contribution in [0.25, 0.3) is 0 Å². The summed E-state index contributed by atoms with van der Waals surface area (Å²) in [5.41, 5.74) is 0. The largest absolute Gasteiger partial charge is 0.108 e. The Morgan fingerprint density at radius 1 is 1.43 bits per heavy atom. The second-order valence-corrected chi connectivity index (χ2v) is 3.12. The smallest absolute Gasteiger partial charge is 0.105 e. The van der Waals surface area contributed by atoms with E-state index in [0.29, 0.717) is 0 Å². The Kier molecular flexibility index (Phi) is 1.82. The molecular formula is C5H7Cl2. The lowest BCUT2D eigenvalue weighted by Gasteiger charge is -1.92. The minimum atomic E-state index is -0.155. The first-order valence-electron chi connectivity index (χ1n) is 2.41. The predicted octanol–water partition coefficient (Wildman–Crippen LogP) is 2.55. The molecule has 0 nitrogen and oxygen atoms in total. The SMILES string of the molecule is ClC(Cl)C[C]1CC1. The first kappa shape index (κ1) is 5.71. The van der Waals surface area contributed by atoms with Gasteiger partial charge in [0.15, 0.2) is 0 Å². The van der Waals surface area contributed by atoms with Crippen LogP contribution < -0.4 is 0 Å². The molecule has 1 fully saturated rings. The van der Waals surface area contributed by atoms with Gasteiger partial charge in [0, 0.05) is 0 Å². The molecule has 2 heteroatoms. The molecule has 0 bridgehead atoms. The zero-order valence-electron chi connectivity index (χ0n) is 3.95. The van der Waals surface area contributed by atoms with Crippen molar-refractivity contribution in [3.63, 3.8) is 0 Å². The van der Waals surface area contributed by atoms with Crippen molar-refractivity contribution in [2.45, 2.75) is 24.1 Å². The van der Waals surface area contributed by atoms with Crippen molar-refractivity contribution in [2.75, 3.05) is 0 Å². The van der Waals surface area contributed by atoms with Crippen LogP contribution in [-0.2, 0) is 0 Å². The molecule has 0 amide bonds. The average molecular weight is 138 g/mol. The second kappa shape index (κ2) is 2.23. The highest BCUT2D eigenvalue weighted by molar-refractivity contribution is 6.44. The molecule has 0 unspecified atom stereocenters. The van der Waals surface area contributed by atoms with E-state index in [1.54, 1.807) is 0 Å². The Bertz CT molecular complexity index is 57.1. The quantitative estimate of drug-likeness (QED) is 0.514. The van der Waals surface area contributed by atoms with Crippen LogP contribution in [0.4, 0.5) is 0 Å². The molecule has 7 heavy (non-hydrogen) atoms. The van der Waals surface area contributed by atoms with Crippen LogP contribution in [0.5, 0.6) is 0 Å². The summed E-state index contributed by atoms with van der Waals surface area (Å²) in [4.78, 5) is -0.155. The molecule has 0 saturated heterocycles. The van der Waals surface area contributed by atoms with Crippen LogP contribution in [0.1, 0.15) is 19.3 Å². The monoisotopic (exact) mass is 137 g/mol. The Morgan fingerprint density at radius 2 is 2.00 bits per heavy atom. The van der Waals surface area contributed by atoms with E-state index >= 15 is 0 Å². The maximum Gasteiger partial charge on any atom is 0.108 e. The normalized spacial score (nSPS) is 21.0. The van der Waals surface area contributed by atoms with Crippen LogP contribution >= 0.6 is 23.2 Å². The molecule has 0 aromatic carbocycles. The summed E-state index contributed by atoms with van der Waals surface area (Å²) in [6.45, 7) is 0. The van der Waals surface area contributed by atoms with E-state index in [1.165, 1.54) is 18.8 Å². The molecule has 0 atom stereocenters. The maximum atomic E-state index is 5.46. The van der Waals surface area contributed by atoms with Crippen molar-refractivity contribution in [1.29, 1.82) is 0 Å². The van der Waals surface area contributed by atoms with Gasteiger partial charge in [0.25, 0.3) is 0 Å². The first-order valence-corrected chi connectivity index (χ1v) is 3.28. The van der Waals surface area contributed by atoms with Crippen LogP contribution in [0.15, 0.2) is 0 Å². The van der Waals surface area contributed by atoms with Crippen molar-refractivity contribution >= 4 is 23.2 Å². The summed E-state index contributed by atoms with van der Waals surface area (Å²) >= 11 is 10.9. The molecule has 1 radical (unpaired) electrons. The van der Waals surface area contributed by atoms with E-state index < -0.39 is 0 Å². The summed E-state index contributed by atoms with van der Waals surface area (Å²) in [5.74, 6) is 1.52. The second-order valence-electron chi connectivity index (χ2n) is 1.85. The van der Waals surface area contributed by atoms with Gasteiger partial charge in [0.05, 0.1) is 0 Å². The third kappa shape index (κ3) is 2.40. The lowest BCUT2D eigenvalue weighted by Crippen LogP contribution is -1.84. The zero-order valence-corrected chi connectivity index (χ0v) is 5.47. The summed E-state index contributed by atoms with van der Waals surface area (Å²) in [6, 6.07) is 0. The Hall–Kier alpha value is 0.580. The molecule has 0 aliphatic heterocycles. The highest BCUT2D eigenvalue weighted by Crippen LogP contribution is 2.38. The molecule has 0 heterocycles. The van der Waals surface area contributed by atoms with Crippen molar-refractivity contribution in [3.8, 4) is 0 Å². The molecule has 0 N–H and O–H groups in total. The lowest BCUT2D eigenvalue weighted by molar-refractivity contribution is 1.02. The van der Waals surface area contributed by atoms with Crippen molar-refractivity contribution < 1.29 is 0 Å². The first-order chi connectivity index (χ1) is 3.29. The van der Waals surface area contributed by atoms with Gasteiger partial charge in [-0.05, 0) is 25.2 Å². The summed E-state index contributed by atoms with van der Waals surface area (Å²) in [6.07, 6.45) is 3.44. The fraction of sp³-hybridized carbons (Fsp3) is 0.800. The Balaban J connectivity index is 1.97. The molecule has 0 aromatic rings. The van der Waals surface area contributed by atoms with Crippen LogP contribution in [0, 0.1) is 5.92 Å². The Morgan fingerprint density at radius 3 is 2.14 bits per heavy atom. The third-order valence-corrected chi connectivity index (χ3v) is 1.36. The molecule has 1 rings (SSSR count). The van der Waals surface area contributed by atoms with Gasteiger partial charge in [-0.1, -0.05) is 0 Å². The van der Waals surface area contributed by atoms with E-state index in [-0.39, 0.29) is 4.84 Å². The number of rotatable bonds is 2. The number of alkyl halides is 2. The van der Waals surface area contributed by atoms with Gasteiger partial charge in [-0.3, -0.25) is 0 Å². The standard InChI is InChI=1S/C5H7Cl2/c6-5(7)3-4-1-2-4/h5H,1-3H2. The summed E-state index contributed by atoms with van der Waals surface area (Å²) in [5, 5.41) is 0. The van der Waals surface area contributed by atoms with Crippen LogP contribution in [0.3, 0.4) is 0 Å². The lowest BCUT2D eigenvalue weighted by atomic mass is 10.3. The number of hydrogen-bond acceptors (Lipinski definition) is 0. The van der Waals surface area contributed by atoms with Gasteiger partial charge in [0.2, 0.25) is 0 Å². The van der Waals surface area contributed by atoms with E-state index in [2.05, 4.69) is 0 Å². The van der Waals surface area contributed by atoms with Gasteiger partial charge in [-0.2, -0.15) is 0 Å². The molecule has 41 valence electrons. The van der Waals surface area contributed by atoms with Gasteiger partial charge in [0.1, 0.15) is 4.84 Å². The van der Waals surface area contributed by atoms with Gasteiger partial charge >= 0.3 is 0 Å². The van der Waals surface area contributed by atoms with Crippen molar-refractivity contribution in [1.82, 2.24) is 0 Å². The van der Waals surface area contributed by atoms with Gasteiger partial charge in [-0.15, -0.1) is 23.2 Å². The summed E-state index contributed by atoms with van der Waals surface area (Å²) in [7, 11) is 0. The van der Waals surface area contributed by atoms with E-state index in [9.17, 15) is 0 Å². The van der Waals surface area contributed by atoms with E-state index in [4.69, 9.17) is 23.2 Å². The fourth-order valence-corrected chi connectivity index (χ4v) is 0.947. The predicted molar refractivity (Wildman–Crippen MR) is 32.6 cm³/mol. The highest BCUT2D eigenvalue weighted by Gasteiger charge is 2.23. The zero-order chi connectivity index (χ0) is 5.28. The molecule has 1 aliphatic rings. The summed E-state index contributed by atoms with van der Waals surface area (Å²) < 4.78 is 0. The van der Waals surface area contributed by atoms with Crippen molar-refractivity contribution in [3.05, 3.63) is 5.92 Å². The van der Waals surface area contributed by atoms with Crippen molar-refractivity contribution in [2.24, 2.45) is 0 Å². The topological polar surface area (TPSA) is 0 Å². The van der Waals surface area contributed by atoms with Gasteiger partial charge in [-0.25, -0.2) is 0 Å². The number of hydrogen-bond donors (Lipinski definition) is 0. The average Bonchev–Trinajstić information content (AvgIpc) is 2.17. The van der Waals surface area contributed by atoms with Crippen LogP contribution in [0.2, 0.25) is 0 Å². The maximum absolute atomic E-state index is 5.46. The molecular weight excluding hydrogens is 131 g/mol. The van der Waals surface area contributed by atoms with Crippen LogP contribution in [-0.4, -0.2) is 4.84 Å². The third-order valence-electron chi connectivity index (χ3n) is 1.05. The van der Waals surface area contributed by atoms with E-state index in [1.807, 2.05) is 0 Å².